The van der Waals surface area contributed by atoms with E-state index in [1.807, 2.05) is 65.3 Å². The highest BCUT2D eigenvalue weighted by molar-refractivity contribution is 6.31. The zero-order valence-electron chi connectivity index (χ0n) is 21.6. The van der Waals surface area contributed by atoms with Crippen molar-refractivity contribution in [2.45, 2.75) is 52.4 Å². The normalized spacial score (nSPS) is 12.3. The monoisotopic (exact) mass is 526 g/mol. The van der Waals surface area contributed by atoms with Gasteiger partial charge in [0, 0.05) is 35.7 Å². The van der Waals surface area contributed by atoms with E-state index in [1.165, 1.54) is 5.56 Å². The van der Waals surface area contributed by atoms with Gasteiger partial charge < -0.3 is 4.98 Å². The summed E-state index contributed by atoms with van der Waals surface area (Å²) < 4.78 is 1.88. The van der Waals surface area contributed by atoms with Crippen molar-refractivity contribution in [3.8, 4) is 0 Å². The Morgan fingerprint density at radius 2 is 1.74 bits per heavy atom. The summed E-state index contributed by atoms with van der Waals surface area (Å²) in [5.74, 6) is 0.781. The lowest BCUT2D eigenvalue weighted by molar-refractivity contribution is 0.160. The molecular formula is C30H31ClN6O. The molecule has 5 aromatic rings. The third-order valence-electron chi connectivity index (χ3n) is 6.92. The summed E-state index contributed by atoms with van der Waals surface area (Å²) in [6, 6.07) is 26.1. The molecule has 0 saturated heterocycles. The first-order valence-electron chi connectivity index (χ1n) is 12.9. The molecule has 1 N–H and O–H groups in total. The van der Waals surface area contributed by atoms with Crippen LogP contribution in [0.4, 0.5) is 0 Å². The molecule has 0 amide bonds. The average molecular weight is 527 g/mol. The van der Waals surface area contributed by atoms with E-state index in [1.54, 1.807) is 0 Å². The van der Waals surface area contributed by atoms with Crippen molar-refractivity contribution in [3.05, 3.63) is 122 Å². The van der Waals surface area contributed by atoms with E-state index in [4.69, 9.17) is 11.6 Å². The van der Waals surface area contributed by atoms with Gasteiger partial charge in [-0.3, -0.25) is 9.69 Å². The Bertz CT molecular complexity index is 1580. The van der Waals surface area contributed by atoms with Crippen LogP contribution >= 0.6 is 11.6 Å². The van der Waals surface area contributed by atoms with Crippen LogP contribution in [0.1, 0.15) is 47.5 Å². The molecule has 7 nitrogen and oxygen atoms in total. The summed E-state index contributed by atoms with van der Waals surface area (Å²) in [6.07, 6.45) is 1.59. The Balaban J connectivity index is 1.49. The maximum Gasteiger partial charge on any atom is 0.252 e. The largest absolute Gasteiger partial charge is 0.322 e. The highest BCUT2D eigenvalue weighted by Gasteiger charge is 2.26. The lowest BCUT2D eigenvalue weighted by Crippen LogP contribution is -2.32. The van der Waals surface area contributed by atoms with Gasteiger partial charge in [0.15, 0.2) is 5.82 Å². The topological polar surface area (TPSA) is 79.7 Å². The molecule has 0 aliphatic heterocycles. The molecule has 3 aromatic carbocycles. The third-order valence-corrected chi connectivity index (χ3v) is 7.29. The van der Waals surface area contributed by atoms with E-state index >= 15 is 0 Å². The van der Waals surface area contributed by atoms with Crippen LogP contribution in [-0.4, -0.2) is 30.1 Å². The fourth-order valence-corrected chi connectivity index (χ4v) is 5.12. The van der Waals surface area contributed by atoms with Gasteiger partial charge in [0.05, 0.1) is 6.04 Å². The molecule has 2 aromatic heterocycles. The van der Waals surface area contributed by atoms with Gasteiger partial charge in [-0.25, -0.2) is 4.68 Å². The van der Waals surface area contributed by atoms with Crippen LogP contribution in [0.5, 0.6) is 0 Å². The predicted molar refractivity (Wildman–Crippen MR) is 151 cm³/mol. The molecule has 38 heavy (non-hydrogen) atoms. The van der Waals surface area contributed by atoms with Gasteiger partial charge in [-0.15, -0.1) is 5.10 Å². The molecule has 0 bridgehead atoms. The number of aryl methyl sites for hydroxylation is 3. The summed E-state index contributed by atoms with van der Waals surface area (Å²) in [4.78, 5) is 18.4. The number of aromatic nitrogens is 5. The molecule has 1 atom stereocenters. The number of hydrogen-bond donors (Lipinski definition) is 1. The van der Waals surface area contributed by atoms with Crippen molar-refractivity contribution in [1.29, 1.82) is 0 Å². The summed E-state index contributed by atoms with van der Waals surface area (Å²) in [6.45, 7) is 5.81. The van der Waals surface area contributed by atoms with Crippen LogP contribution in [-0.2, 0) is 26.1 Å². The summed E-state index contributed by atoms with van der Waals surface area (Å²) in [5, 5.41) is 14.5. The first-order valence-corrected chi connectivity index (χ1v) is 13.3. The molecule has 8 heteroatoms. The van der Waals surface area contributed by atoms with Gasteiger partial charge in [0.1, 0.15) is 0 Å². The first-order chi connectivity index (χ1) is 18.5. The summed E-state index contributed by atoms with van der Waals surface area (Å²) >= 11 is 6.58. The van der Waals surface area contributed by atoms with E-state index in [9.17, 15) is 4.79 Å². The van der Waals surface area contributed by atoms with E-state index in [-0.39, 0.29) is 11.6 Å². The number of fused-ring (bicyclic) bond motifs is 1. The molecular weight excluding hydrogens is 496 g/mol. The number of hydrogen-bond acceptors (Lipinski definition) is 5. The summed E-state index contributed by atoms with van der Waals surface area (Å²) in [7, 11) is 0. The van der Waals surface area contributed by atoms with Crippen molar-refractivity contribution in [2.24, 2.45) is 0 Å². The van der Waals surface area contributed by atoms with E-state index in [0.717, 1.165) is 40.7 Å². The number of nitrogens with zero attached hydrogens (tertiary/aromatic N) is 5. The average Bonchev–Trinajstić information content (AvgIpc) is 3.38. The van der Waals surface area contributed by atoms with Crippen LogP contribution in [0.25, 0.3) is 10.9 Å². The zero-order valence-corrected chi connectivity index (χ0v) is 22.4. The minimum absolute atomic E-state index is 0.0935. The molecule has 0 spiro atoms. The van der Waals surface area contributed by atoms with Gasteiger partial charge in [-0.2, -0.15) is 0 Å². The van der Waals surface area contributed by atoms with E-state index in [0.29, 0.717) is 30.2 Å². The Hall–Kier alpha value is -3.81. The van der Waals surface area contributed by atoms with E-state index in [2.05, 4.69) is 57.5 Å². The molecule has 0 aliphatic carbocycles. The second kappa shape index (κ2) is 11.7. The zero-order chi connectivity index (χ0) is 26.5. The van der Waals surface area contributed by atoms with Crippen molar-refractivity contribution >= 4 is 22.5 Å². The Morgan fingerprint density at radius 1 is 0.974 bits per heavy atom. The second-order valence-corrected chi connectivity index (χ2v) is 10.0. The SMILES string of the molecule is CC[C@H](c1nnnn1CCc1ccccc1)N(Cc1ccccc1Cl)Cc1cc2cc(C)ccc2[nH]c1=O. The van der Waals surface area contributed by atoms with Crippen molar-refractivity contribution in [2.75, 3.05) is 0 Å². The number of nitrogens with one attached hydrogen (secondary N) is 1. The fourth-order valence-electron chi connectivity index (χ4n) is 4.92. The summed E-state index contributed by atoms with van der Waals surface area (Å²) in [5.41, 5.74) is 4.80. The molecule has 0 unspecified atom stereocenters. The van der Waals surface area contributed by atoms with Crippen molar-refractivity contribution in [3.63, 3.8) is 0 Å². The lowest BCUT2D eigenvalue weighted by Gasteiger charge is -2.30. The van der Waals surface area contributed by atoms with Crippen LogP contribution in [0, 0.1) is 6.92 Å². The minimum Gasteiger partial charge on any atom is -0.322 e. The molecule has 2 heterocycles. The highest BCUT2D eigenvalue weighted by atomic mass is 35.5. The second-order valence-electron chi connectivity index (χ2n) is 9.63. The number of rotatable bonds is 10. The standard InChI is InChI=1S/C30H31ClN6O/c1-3-28(29-33-34-35-37(29)16-15-22-9-5-4-6-10-22)36(19-23-11-7-8-12-26(23)31)20-25-18-24-17-21(2)13-14-27(24)32-30(25)38/h4-14,17-18,28H,3,15-16,19-20H2,1-2H3,(H,32,38)/t28-/m1/s1. The molecule has 0 radical (unpaired) electrons. The number of H-pyrrole nitrogens is 1. The maximum atomic E-state index is 13.1. The van der Waals surface area contributed by atoms with Crippen LogP contribution in [0.3, 0.4) is 0 Å². The minimum atomic E-state index is -0.121. The number of halogens is 1. The molecule has 0 fully saturated rings. The van der Waals surface area contributed by atoms with Crippen molar-refractivity contribution in [1.82, 2.24) is 30.1 Å². The van der Waals surface area contributed by atoms with Crippen LogP contribution in [0.2, 0.25) is 5.02 Å². The number of benzene rings is 3. The van der Waals surface area contributed by atoms with E-state index < -0.39 is 0 Å². The maximum absolute atomic E-state index is 13.1. The highest BCUT2D eigenvalue weighted by Crippen LogP contribution is 2.28. The van der Waals surface area contributed by atoms with Crippen LogP contribution in [0.15, 0.2) is 83.7 Å². The molecule has 5 rings (SSSR count). The number of aromatic amines is 1. The lowest BCUT2D eigenvalue weighted by atomic mass is 10.1. The van der Waals surface area contributed by atoms with Gasteiger partial charge in [0.2, 0.25) is 0 Å². The third kappa shape index (κ3) is 5.85. The van der Waals surface area contributed by atoms with Gasteiger partial charge in [0.25, 0.3) is 5.56 Å². The molecule has 0 aliphatic rings. The molecule has 0 saturated carbocycles. The number of pyridine rings is 1. The van der Waals surface area contributed by atoms with Gasteiger partial charge in [-0.05, 0) is 71.0 Å². The van der Waals surface area contributed by atoms with Gasteiger partial charge >= 0.3 is 0 Å². The quantitative estimate of drug-likeness (QED) is 0.246. The van der Waals surface area contributed by atoms with Gasteiger partial charge in [-0.1, -0.05) is 78.7 Å². The fraction of sp³-hybridized carbons (Fsp3) is 0.267. The smallest absolute Gasteiger partial charge is 0.252 e. The Kier molecular flexibility index (Phi) is 7.96. The van der Waals surface area contributed by atoms with Crippen molar-refractivity contribution < 1.29 is 0 Å². The first kappa shape index (κ1) is 25.8. The number of tetrazole rings is 1. The van der Waals surface area contributed by atoms with Crippen LogP contribution < -0.4 is 5.56 Å². The Morgan fingerprint density at radius 3 is 2.53 bits per heavy atom. The molecule has 194 valence electrons. The predicted octanol–water partition coefficient (Wildman–Crippen LogP) is 5.87. The Labute approximate surface area is 227 Å².